The van der Waals surface area contributed by atoms with E-state index in [4.69, 9.17) is 11.5 Å². The highest BCUT2D eigenvalue weighted by Crippen LogP contribution is 2.44. The molecule has 0 saturated heterocycles. The lowest BCUT2D eigenvalue weighted by molar-refractivity contribution is -0.0467. The summed E-state index contributed by atoms with van der Waals surface area (Å²) in [6.07, 6.45) is 2.25. The maximum Gasteiger partial charge on any atom is 0.315 e. The Labute approximate surface area is 117 Å². The van der Waals surface area contributed by atoms with Crippen molar-refractivity contribution in [1.29, 1.82) is 0 Å². The zero-order chi connectivity index (χ0) is 14.7. The van der Waals surface area contributed by atoms with Crippen molar-refractivity contribution in [3.05, 3.63) is 17.1 Å². The van der Waals surface area contributed by atoms with Gasteiger partial charge in [0, 0.05) is 5.56 Å². The maximum atomic E-state index is 11.6. The van der Waals surface area contributed by atoms with Gasteiger partial charge in [-0.3, -0.25) is 0 Å². The van der Waals surface area contributed by atoms with Crippen molar-refractivity contribution in [1.82, 2.24) is 14.9 Å². The molecule has 3 rings (SSSR count). The van der Waals surface area contributed by atoms with Crippen molar-refractivity contribution in [3.8, 4) is 0 Å². The van der Waals surface area contributed by atoms with Crippen LogP contribution in [0, 0.1) is 0 Å². The number of urea groups is 1. The number of rotatable bonds is 1. The number of nitrogens with two attached hydrogens (primary N) is 2. The molecular formula is C13H19N5O2. The lowest BCUT2D eigenvalue weighted by Crippen LogP contribution is -2.43. The second-order valence-corrected chi connectivity index (χ2v) is 6.12. The van der Waals surface area contributed by atoms with Crippen LogP contribution in [-0.4, -0.2) is 26.0 Å². The Morgan fingerprint density at radius 3 is 2.50 bits per heavy atom. The smallest absolute Gasteiger partial charge is 0.315 e. The van der Waals surface area contributed by atoms with E-state index in [1.54, 1.807) is 0 Å². The quantitative estimate of drug-likeness (QED) is 0.693. The highest BCUT2D eigenvalue weighted by atomic mass is 16.3. The third kappa shape index (κ3) is 1.59. The van der Waals surface area contributed by atoms with Crippen LogP contribution in [0.2, 0.25) is 0 Å². The molecule has 5 N–H and O–H groups in total. The largest absolute Gasteiger partial charge is 0.383 e. The first-order valence-electron chi connectivity index (χ1n) is 6.72. The SMILES string of the molecule is CC1(C)c2c(N)nc(C3(O)CCC3)nc2CN1C(N)=O. The number of carbonyl (C=O) groups excluding carboxylic acids is 1. The number of carbonyl (C=O) groups is 1. The first kappa shape index (κ1) is 13.1. The molecule has 0 bridgehead atoms. The van der Waals surface area contributed by atoms with Gasteiger partial charge in [0.1, 0.15) is 11.4 Å². The molecule has 0 unspecified atom stereocenters. The topological polar surface area (TPSA) is 118 Å². The van der Waals surface area contributed by atoms with E-state index >= 15 is 0 Å². The number of anilines is 1. The predicted molar refractivity (Wildman–Crippen MR) is 72.3 cm³/mol. The number of nitrogens with zero attached hydrogens (tertiary/aromatic N) is 3. The van der Waals surface area contributed by atoms with Gasteiger partial charge in [0.25, 0.3) is 0 Å². The predicted octanol–water partition coefficient (Wildman–Crippen LogP) is 0.560. The van der Waals surface area contributed by atoms with Gasteiger partial charge in [0.05, 0.1) is 17.8 Å². The van der Waals surface area contributed by atoms with Crippen LogP contribution in [0.1, 0.15) is 50.2 Å². The van der Waals surface area contributed by atoms with Crippen LogP contribution in [0.4, 0.5) is 10.6 Å². The molecule has 0 aromatic carbocycles. The van der Waals surface area contributed by atoms with E-state index < -0.39 is 17.2 Å². The lowest BCUT2D eigenvalue weighted by atomic mass is 9.79. The summed E-state index contributed by atoms with van der Waals surface area (Å²) in [5.41, 5.74) is 11.3. The molecule has 0 spiro atoms. The summed E-state index contributed by atoms with van der Waals surface area (Å²) >= 11 is 0. The van der Waals surface area contributed by atoms with Crippen molar-refractivity contribution < 1.29 is 9.90 Å². The Hall–Kier alpha value is -1.89. The summed E-state index contributed by atoms with van der Waals surface area (Å²) < 4.78 is 0. The third-order valence-electron chi connectivity index (χ3n) is 4.47. The Kier molecular flexibility index (Phi) is 2.50. The fraction of sp³-hybridized carbons (Fsp3) is 0.615. The molecular weight excluding hydrogens is 258 g/mol. The van der Waals surface area contributed by atoms with Crippen molar-refractivity contribution >= 4 is 11.8 Å². The summed E-state index contributed by atoms with van der Waals surface area (Å²) in [4.78, 5) is 21.8. The molecule has 1 aromatic heterocycles. The second-order valence-electron chi connectivity index (χ2n) is 6.12. The van der Waals surface area contributed by atoms with Crippen LogP contribution >= 0.6 is 0 Å². The molecule has 0 radical (unpaired) electrons. The molecule has 1 aliphatic carbocycles. The van der Waals surface area contributed by atoms with Crippen molar-refractivity contribution in [2.24, 2.45) is 5.73 Å². The molecule has 7 nitrogen and oxygen atoms in total. The third-order valence-corrected chi connectivity index (χ3v) is 4.47. The molecule has 7 heteroatoms. The van der Waals surface area contributed by atoms with E-state index in [9.17, 15) is 9.90 Å². The van der Waals surface area contributed by atoms with E-state index in [1.165, 1.54) is 4.90 Å². The summed E-state index contributed by atoms with van der Waals surface area (Å²) in [5.74, 6) is 0.682. The van der Waals surface area contributed by atoms with Crippen LogP contribution in [-0.2, 0) is 17.7 Å². The number of hydrogen-bond acceptors (Lipinski definition) is 5. The molecule has 1 aliphatic heterocycles. The fourth-order valence-electron chi connectivity index (χ4n) is 3.09. The van der Waals surface area contributed by atoms with Crippen LogP contribution in [0.15, 0.2) is 0 Å². The standard InChI is InChI=1S/C13H19N5O2/c1-12(2)8-7(6-18(12)11(15)19)16-10(17-9(8)14)13(20)4-3-5-13/h20H,3-6H2,1-2H3,(H2,15,19)(H2,14,16,17). The van der Waals surface area contributed by atoms with Gasteiger partial charge in [0.2, 0.25) is 0 Å². The van der Waals surface area contributed by atoms with E-state index in [1.807, 2.05) is 13.8 Å². The molecule has 108 valence electrons. The summed E-state index contributed by atoms with van der Waals surface area (Å²) in [7, 11) is 0. The first-order chi connectivity index (χ1) is 9.25. The van der Waals surface area contributed by atoms with E-state index in [-0.39, 0.29) is 0 Å². The average Bonchev–Trinajstić information content (AvgIpc) is 2.58. The molecule has 2 aliphatic rings. The second kappa shape index (κ2) is 3.82. The van der Waals surface area contributed by atoms with Crippen molar-refractivity contribution in [2.75, 3.05) is 5.73 Å². The fourth-order valence-corrected chi connectivity index (χ4v) is 3.09. The first-order valence-corrected chi connectivity index (χ1v) is 6.72. The summed E-state index contributed by atoms with van der Waals surface area (Å²) in [6, 6.07) is -0.517. The Balaban J connectivity index is 2.10. The number of primary amides is 1. The van der Waals surface area contributed by atoms with Gasteiger partial charge in [-0.05, 0) is 33.1 Å². The van der Waals surface area contributed by atoms with Crippen LogP contribution < -0.4 is 11.5 Å². The van der Waals surface area contributed by atoms with Crippen molar-refractivity contribution in [3.63, 3.8) is 0 Å². The minimum atomic E-state index is -0.965. The molecule has 1 saturated carbocycles. The Morgan fingerprint density at radius 2 is 2.00 bits per heavy atom. The van der Waals surface area contributed by atoms with Crippen LogP contribution in [0.5, 0.6) is 0 Å². The lowest BCUT2D eigenvalue weighted by Gasteiger charge is -2.35. The summed E-state index contributed by atoms with van der Waals surface area (Å²) in [5, 5.41) is 10.4. The maximum absolute atomic E-state index is 11.6. The van der Waals surface area contributed by atoms with Gasteiger partial charge in [0.15, 0.2) is 5.82 Å². The number of hydrogen-bond donors (Lipinski definition) is 3. The van der Waals surface area contributed by atoms with Gasteiger partial charge < -0.3 is 21.5 Å². The number of aromatic nitrogens is 2. The van der Waals surface area contributed by atoms with Crippen LogP contribution in [0.3, 0.4) is 0 Å². The van der Waals surface area contributed by atoms with E-state index in [0.29, 0.717) is 36.7 Å². The van der Waals surface area contributed by atoms with Gasteiger partial charge in [-0.2, -0.15) is 0 Å². The highest BCUT2D eigenvalue weighted by Gasteiger charge is 2.45. The molecule has 2 amide bonds. The molecule has 1 fully saturated rings. The number of aliphatic hydroxyl groups is 1. The van der Waals surface area contributed by atoms with E-state index in [0.717, 1.165) is 12.0 Å². The number of nitrogen functional groups attached to an aromatic ring is 1. The number of fused-ring (bicyclic) bond motifs is 1. The number of amides is 2. The molecule has 20 heavy (non-hydrogen) atoms. The minimum Gasteiger partial charge on any atom is -0.383 e. The normalized spacial score (nSPS) is 22.2. The highest BCUT2D eigenvalue weighted by molar-refractivity contribution is 5.75. The monoisotopic (exact) mass is 277 g/mol. The molecule has 1 aromatic rings. The van der Waals surface area contributed by atoms with Crippen molar-refractivity contribution in [2.45, 2.75) is 50.8 Å². The Morgan fingerprint density at radius 1 is 1.35 bits per heavy atom. The zero-order valence-electron chi connectivity index (χ0n) is 11.7. The van der Waals surface area contributed by atoms with Gasteiger partial charge >= 0.3 is 6.03 Å². The van der Waals surface area contributed by atoms with Gasteiger partial charge in [-0.1, -0.05) is 0 Å². The minimum absolute atomic E-state index is 0.299. The molecule has 0 atom stereocenters. The Bertz CT molecular complexity index is 595. The van der Waals surface area contributed by atoms with Gasteiger partial charge in [-0.25, -0.2) is 14.8 Å². The molecule has 2 heterocycles. The average molecular weight is 277 g/mol. The van der Waals surface area contributed by atoms with E-state index in [2.05, 4.69) is 9.97 Å². The summed E-state index contributed by atoms with van der Waals surface area (Å²) in [6.45, 7) is 4.02. The zero-order valence-corrected chi connectivity index (χ0v) is 11.7. The van der Waals surface area contributed by atoms with Crippen LogP contribution in [0.25, 0.3) is 0 Å². The van der Waals surface area contributed by atoms with Gasteiger partial charge in [-0.15, -0.1) is 0 Å².